The number of aromatic nitrogens is 5. The summed E-state index contributed by atoms with van der Waals surface area (Å²) in [6, 6.07) is 3.52. The standard InChI is InChI=1S/C11H11N5O3/c17-4-3-15-10(18)9(6-8-2-1-5-19-8)14-16-7-12-13-11(15)16/h1-2,5,7,17H,3-4,6H2. The highest BCUT2D eigenvalue weighted by Gasteiger charge is 2.13. The molecular formula is C11H11N5O3. The Morgan fingerprint density at radius 1 is 1.42 bits per heavy atom. The fourth-order valence-corrected chi connectivity index (χ4v) is 1.88. The highest BCUT2D eigenvalue weighted by molar-refractivity contribution is 5.26. The molecule has 0 aliphatic rings. The maximum atomic E-state index is 12.3. The van der Waals surface area contributed by atoms with Gasteiger partial charge < -0.3 is 9.52 Å². The van der Waals surface area contributed by atoms with Crippen molar-refractivity contribution >= 4 is 5.78 Å². The number of rotatable bonds is 4. The van der Waals surface area contributed by atoms with Crippen molar-refractivity contribution in [3.8, 4) is 0 Å². The molecule has 0 amide bonds. The van der Waals surface area contributed by atoms with Gasteiger partial charge in [0.15, 0.2) is 0 Å². The van der Waals surface area contributed by atoms with Gasteiger partial charge in [-0.1, -0.05) is 0 Å². The molecule has 19 heavy (non-hydrogen) atoms. The van der Waals surface area contributed by atoms with Crippen molar-refractivity contribution < 1.29 is 9.52 Å². The molecule has 3 aromatic heterocycles. The van der Waals surface area contributed by atoms with Crippen LogP contribution in [0.1, 0.15) is 11.5 Å². The number of aliphatic hydroxyl groups is 1. The first kappa shape index (κ1) is 11.6. The maximum Gasteiger partial charge on any atom is 0.277 e. The van der Waals surface area contributed by atoms with Crippen LogP contribution >= 0.6 is 0 Å². The molecule has 0 radical (unpaired) electrons. The summed E-state index contributed by atoms with van der Waals surface area (Å²) >= 11 is 0. The Labute approximate surface area is 106 Å². The molecule has 0 fully saturated rings. The topological polar surface area (TPSA) is 98.5 Å². The second-order valence-electron chi connectivity index (χ2n) is 3.96. The van der Waals surface area contributed by atoms with Gasteiger partial charge in [0.25, 0.3) is 11.3 Å². The van der Waals surface area contributed by atoms with Crippen LogP contribution in [0.15, 0.2) is 33.9 Å². The molecule has 8 nitrogen and oxygen atoms in total. The largest absolute Gasteiger partial charge is 0.469 e. The smallest absolute Gasteiger partial charge is 0.277 e. The van der Waals surface area contributed by atoms with E-state index < -0.39 is 0 Å². The van der Waals surface area contributed by atoms with Crippen LogP contribution in [0.4, 0.5) is 0 Å². The number of hydrogen-bond acceptors (Lipinski definition) is 6. The quantitative estimate of drug-likeness (QED) is 0.677. The summed E-state index contributed by atoms with van der Waals surface area (Å²) in [5.74, 6) is 0.954. The third kappa shape index (κ3) is 2.02. The Hall–Kier alpha value is -2.48. The second-order valence-corrected chi connectivity index (χ2v) is 3.96. The zero-order valence-electron chi connectivity index (χ0n) is 9.93. The van der Waals surface area contributed by atoms with Crippen LogP contribution in [-0.4, -0.2) is 36.1 Å². The summed E-state index contributed by atoms with van der Waals surface area (Å²) in [6.45, 7) is -0.0126. The molecule has 98 valence electrons. The van der Waals surface area contributed by atoms with E-state index in [1.165, 1.54) is 15.4 Å². The predicted molar refractivity (Wildman–Crippen MR) is 63.6 cm³/mol. The molecule has 0 spiro atoms. The maximum absolute atomic E-state index is 12.3. The average Bonchev–Trinajstić information content (AvgIpc) is 3.05. The summed E-state index contributed by atoms with van der Waals surface area (Å²) in [5, 5.41) is 20.7. The van der Waals surface area contributed by atoms with E-state index in [4.69, 9.17) is 9.52 Å². The van der Waals surface area contributed by atoms with E-state index in [2.05, 4.69) is 15.3 Å². The fraction of sp³-hybridized carbons (Fsp3) is 0.273. The molecule has 3 aromatic rings. The summed E-state index contributed by atoms with van der Waals surface area (Å²) < 4.78 is 7.97. The van der Waals surface area contributed by atoms with Gasteiger partial charge in [0, 0.05) is 0 Å². The zero-order valence-corrected chi connectivity index (χ0v) is 9.93. The van der Waals surface area contributed by atoms with E-state index in [0.29, 0.717) is 17.2 Å². The van der Waals surface area contributed by atoms with Crippen LogP contribution < -0.4 is 5.56 Å². The summed E-state index contributed by atoms with van der Waals surface area (Å²) in [5.41, 5.74) is 0.0154. The Morgan fingerprint density at radius 2 is 2.32 bits per heavy atom. The van der Waals surface area contributed by atoms with Gasteiger partial charge >= 0.3 is 0 Å². The van der Waals surface area contributed by atoms with Crippen molar-refractivity contribution in [2.24, 2.45) is 0 Å². The fourth-order valence-electron chi connectivity index (χ4n) is 1.88. The van der Waals surface area contributed by atoms with Gasteiger partial charge in [-0.15, -0.1) is 10.2 Å². The molecule has 0 aliphatic carbocycles. The first-order valence-corrected chi connectivity index (χ1v) is 5.72. The molecule has 3 heterocycles. The van der Waals surface area contributed by atoms with Crippen molar-refractivity contribution in [2.45, 2.75) is 13.0 Å². The third-order valence-corrected chi connectivity index (χ3v) is 2.72. The van der Waals surface area contributed by atoms with Crippen LogP contribution in [0.3, 0.4) is 0 Å². The molecule has 0 atom stereocenters. The van der Waals surface area contributed by atoms with Gasteiger partial charge in [-0.05, 0) is 12.1 Å². The van der Waals surface area contributed by atoms with Crippen LogP contribution in [0, 0.1) is 0 Å². The number of hydrogen-bond donors (Lipinski definition) is 1. The van der Waals surface area contributed by atoms with Crippen molar-refractivity contribution in [3.05, 3.63) is 46.5 Å². The molecule has 1 N–H and O–H groups in total. The first-order valence-electron chi connectivity index (χ1n) is 5.72. The molecule has 0 aromatic carbocycles. The van der Waals surface area contributed by atoms with Crippen LogP contribution in [0.2, 0.25) is 0 Å². The van der Waals surface area contributed by atoms with Crippen molar-refractivity contribution in [1.82, 2.24) is 24.4 Å². The number of furan rings is 1. The average molecular weight is 261 g/mol. The normalized spacial score (nSPS) is 11.2. The van der Waals surface area contributed by atoms with E-state index in [1.54, 1.807) is 18.4 Å². The SMILES string of the molecule is O=c1c(Cc2ccco2)nn2cnnc2n1CCO. The molecule has 3 rings (SSSR count). The predicted octanol–water partition coefficient (Wildman–Crippen LogP) is -0.538. The lowest BCUT2D eigenvalue weighted by atomic mass is 10.2. The van der Waals surface area contributed by atoms with Crippen LogP contribution in [0.5, 0.6) is 0 Å². The Kier molecular flexibility index (Phi) is 2.84. The second kappa shape index (κ2) is 4.65. The van der Waals surface area contributed by atoms with Gasteiger partial charge in [0.1, 0.15) is 17.8 Å². The number of fused-ring (bicyclic) bond motifs is 1. The Morgan fingerprint density at radius 3 is 3.05 bits per heavy atom. The summed E-state index contributed by atoms with van der Waals surface area (Å²) in [6.07, 6.45) is 3.23. The van der Waals surface area contributed by atoms with Crippen LogP contribution in [-0.2, 0) is 13.0 Å². The minimum atomic E-state index is -0.300. The Balaban J connectivity index is 2.13. The first-order chi connectivity index (χ1) is 9.29. The van der Waals surface area contributed by atoms with Gasteiger partial charge in [-0.3, -0.25) is 9.36 Å². The van der Waals surface area contributed by atoms with Gasteiger partial charge in [0.2, 0.25) is 0 Å². The van der Waals surface area contributed by atoms with Crippen molar-refractivity contribution in [3.63, 3.8) is 0 Å². The van der Waals surface area contributed by atoms with Gasteiger partial charge in [-0.2, -0.15) is 9.61 Å². The van der Waals surface area contributed by atoms with Crippen molar-refractivity contribution in [2.75, 3.05) is 6.61 Å². The van der Waals surface area contributed by atoms with E-state index in [-0.39, 0.29) is 25.1 Å². The zero-order chi connectivity index (χ0) is 13.2. The molecule has 0 saturated heterocycles. The number of nitrogens with zero attached hydrogens (tertiary/aromatic N) is 5. The van der Waals surface area contributed by atoms with Crippen molar-refractivity contribution in [1.29, 1.82) is 0 Å². The highest BCUT2D eigenvalue weighted by Crippen LogP contribution is 2.05. The lowest BCUT2D eigenvalue weighted by Crippen LogP contribution is -2.29. The monoisotopic (exact) mass is 261 g/mol. The number of aliphatic hydroxyl groups excluding tert-OH is 1. The molecule has 0 bridgehead atoms. The highest BCUT2D eigenvalue weighted by atomic mass is 16.3. The van der Waals surface area contributed by atoms with E-state index >= 15 is 0 Å². The van der Waals surface area contributed by atoms with Gasteiger partial charge in [0.05, 0.1) is 25.8 Å². The molecule has 0 aliphatic heterocycles. The van der Waals surface area contributed by atoms with E-state index in [0.717, 1.165) is 0 Å². The van der Waals surface area contributed by atoms with E-state index in [9.17, 15) is 4.79 Å². The molecular weight excluding hydrogens is 250 g/mol. The lowest BCUT2D eigenvalue weighted by Gasteiger charge is -2.06. The van der Waals surface area contributed by atoms with E-state index in [1.807, 2.05) is 0 Å². The summed E-state index contributed by atoms with van der Waals surface area (Å²) in [7, 11) is 0. The lowest BCUT2D eigenvalue weighted by molar-refractivity contribution is 0.274. The molecule has 0 unspecified atom stereocenters. The Bertz CT molecular complexity index is 743. The minimum absolute atomic E-state index is 0.148. The molecule has 8 heteroatoms. The molecule has 0 saturated carbocycles. The minimum Gasteiger partial charge on any atom is -0.469 e. The third-order valence-electron chi connectivity index (χ3n) is 2.72. The summed E-state index contributed by atoms with van der Waals surface area (Å²) in [4.78, 5) is 12.3. The van der Waals surface area contributed by atoms with Crippen LogP contribution in [0.25, 0.3) is 5.78 Å². The van der Waals surface area contributed by atoms with Gasteiger partial charge in [-0.25, -0.2) is 0 Å².